The zero-order chi connectivity index (χ0) is 13.7. The van der Waals surface area contributed by atoms with Crippen LogP contribution in [-0.4, -0.2) is 42.1 Å². The summed E-state index contributed by atoms with van der Waals surface area (Å²) < 4.78 is 1.62. The summed E-state index contributed by atoms with van der Waals surface area (Å²) >= 11 is 0. The molecule has 0 aromatic carbocycles. The van der Waals surface area contributed by atoms with Gasteiger partial charge in [-0.3, -0.25) is 9.59 Å². The van der Waals surface area contributed by atoms with E-state index in [0.717, 1.165) is 19.6 Å². The summed E-state index contributed by atoms with van der Waals surface area (Å²) in [5.74, 6) is -0.160. The molecule has 1 fully saturated rings. The average molecular weight is 263 g/mol. The zero-order valence-corrected chi connectivity index (χ0v) is 11.4. The van der Waals surface area contributed by atoms with Crippen molar-refractivity contribution in [2.75, 3.05) is 26.7 Å². The third kappa shape index (κ3) is 3.67. The average Bonchev–Trinajstić information content (AvgIpc) is 2.46. The first kappa shape index (κ1) is 13.8. The maximum atomic E-state index is 11.8. The standard InChI is InChI=1S/C14H21N3O2/c1-15-14(19)12-5-6-13(18)17(11-12)10-9-16-7-3-2-4-8-16/h5-6,11H,2-4,7-10H2,1H3,(H,15,19). The van der Waals surface area contributed by atoms with E-state index in [0.29, 0.717) is 12.1 Å². The van der Waals surface area contributed by atoms with E-state index in [9.17, 15) is 9.59 Å². The molecule has 0 atom stereocenters. The number of nitrogens with one attached hydrogen (secondary N) is 1. The van der Waals surface area contributed by atoms with Crippen LogP contribution in [0.1, 0.15) is 29.6 Å². The summed E-state index contributed by atoms with van der Waals surface area (Å²) in [6, 6.07) is 3.03. The molecule has 1 aliphatic rings. The number of piperidine rings is 1. The lowest BCUT2D eigenvalue weighted by atomic mass is 10.1. The number of carbonyl (C=O) groups is 1. The molecule has 1 N–H and O–H groups in total. The van der Waals surface area contributed by atoms with Gasteiger partial charge in [0.15, 0.2) is 0 Å². The molecule has 2 heterocycles. The topological polar surface area (TPSA) is 54.3 Å². The molecule has 5 heteroatoms. The van der Waals surface area contributed by atoms with Crippen LogP contribution in [0.2, 0.25) is 0 Å². The number of likely N-dealkylation sites (tertiary alicyclic amines) is 1. The molecule has 0 saturated carbocycles. The van der Waals surface area contributed by atoms with Gasteiger partial charge in [0, 0.05) is 32.4 Å². The lowest BCUT2D eigenvalue weighted by molar-refractivity contribution is 0.0962. The third-order valence-corrected chi connectivity index (χ3v) is 3.58. The Labute approximate surface area is 113 Å². The molecule has 0 spiro atoms. The largest absolute Gasteiger partial charge is 0.355 e. The summed E-state index contributed by atoms with van der Waals surface area (Å²) in [5, 5.41) is 2.57. The molecule has 5 nitrogen and oxygen atoms in total. The van der Waals surface area contributed by atoms with Crippen molar-refractivity contribution in [3.05, 3.63) is 34.2 Å². The van der Waals surface area contributed by atoms with Gasteiger partial charge in [-0.25, -0.2) is 0 Å². The molecule has 1 amide bonds. The highest BCUT2D eigenvalue weighted by molar-refractivity contribution is 5.93. The fraction of sp³-hybridized carbons (Fsp3) is 0.571. The van der Waals surface area contributed by atoms with Crippen LogP contribution in [-0.2, 0) is 6.54 Å². The van der Waals surface area contributed by atoms with Crippen LogP contribution >= 0.6 is 0 Å². The number of pyridine rings is 1. The fourth-order valence-corrected chi connectivity index (χ4v) is 2.42. The smallest absolute Gasteiger partial charge is 0.252 e. The van der Waals surface area contributed by atoms with Gasteiger partial charge >= 0.3 is 0 Å². The summed E-state index contributed by atoms with van der Waals surface area (Å²) in [4.78, 5) is 25.7. The van der Waals surface area contributed by atoms with Crippen LogP contribution < -0.4 is 10.9 Å². The number of carbonyl (C=O) groups excluding carboxylic acids is 1. The van der Waals surface area contributed by atoms with Crippen molar-refractivity contribution in [2.45, 2.75) is 25.8 Å². The summed E-state index contributed by atoms with van der Waals surface area (Å²) in [6.07, 6.45) is 5.44. The van der Waals surface area contributed by atoms with Crippen molar-refractivity contribution < 1.29 is 4.79 Å². The maximum Gasteiger partial charge on any atom is 0.252 e. The van der Waals surface area contributed by atoms with Crippen molar-refractivity contribution in [3.8, 4) is 0 Å². The molecule has 1 saturated heterocycles. The number of aromatic nitrogens is 1. The molecule has 0 unspecified atom stereocenters. The van der Waals surface area contributed by atoms with E-state index in [1.54, 1.807) is 23.9 Å². The molecule has 1 aromatic rings. The number of hydrogen-bond donors (Lipinski definition) is 1. The molecular weight excluding hydrogens is 242 g/mol. The summed E-state index contributed by atoms with van der Waals surface area (Å²) in [7, 11) is 1.59. The van der Waals surface area contributed by atoms with Gasteiger partial charge in [0.05, 0.1) is 5.56 Å². The van der Waals surface area contributed by atoms with E-state index < -0.39 is 0 Å². The Kier molecular flexibility index (Phi) is 4.74. The highest BCUT2D eigenvalue weighted by atomic mass is 16.1. The number of hydrogen-bond acceptors (Lipinski definition) is 3. The van der Waals surface area contributed by atoms with Crippen molar-refractivity contribution in [1.82, 2.24) is 14.8 Å². The highest BCUT2D eigenvalue weighted by Gasteiger charge is 2.10. The Morgan fingerprint density at radius 2 is 1.95 bits per heavy atom. The van der Waals surface area contributed by atoms with E-state index in [1.165, 1.54) is 25.3 Å². The zero-order valence-electron chi connectivity index (χ0n) is 11.4. The monoisotopic (exact) mass is 263 g/mol. The van der Waals surface area contributed by atoms with Gasteiger partial charge in [-0.1, -0.05) is 6.42 Å². The first-order valence-electron chi connectivity index (χ1n) is 6.85. The Bertz CT molecular complexity index is 490. The molecule has 2 rings (SSSR count). The Morgan fingerprint density at radius 1 is 1.21 bits per heavy atom. The van der Waals surface area contributed by atoms with Gasteiger partial charge in [0.25, 0.3) is 11.5 Å². The van der Waals surface area contributed by atoms with Gasteiger partial charge < -0.3 is 14.8 Å². The summed E-state index contributed by atoms with van der Waals surface area (Å²) in [6.45, 7) is 3.74. The minimum absolute atomic E-state index is 0.0512. The minimum atomic E-state index is -0.160. The van der Waals surface area contributed by atoms with Crippen LogP contribution in [0.15, 0.2) is 23.1 Å². The van der Waals surface area contributed by atoms with E-state index >= 15 is 0 Å². The van der Waals surface area contributed by atoms with Crippen LogP contribution in [0.3, 0.4) is 0 Å². The van der Waals surface area contributed by atoms with Crippen molar-refractivity contribution in [1.29, 1.82) is 0 Å². The molecule has 104 valence electrons. The second-order valence-corrected chi connectivity index (χ2v) is 4.93. The number of rotatable bonds is 4. The van der Waals surface area contributed by atoms with Gasteiger partial charge in [0.2, 0.25) is 0 Å². The van der Waals surface area contributed by atoms with Gasteiger partial charge in [-0.05, 0) is 32.0 Å². The van der Waals surface area contributed by atoms with E-state index in [-0.39, 0.29) is 11.5 Å². The molecule has 1 aromatic heterocycles. The minimum Gasteiger partial charge on any atom is -0.355 e. The third-order valence-electron chi connectivity index (χ3n) is 3.58. The van der Waals surface area contributed by atoms with Gasteiger partial charge in [-0.15, -0.1) is 0 Å². The molecule has 19 heavy (non-hydrogen) atoms. The van der Waals surface area contributed by atoms with Crippen LogP contribution in [0.4, 0.5) is 0 Å². The molecule has 1 aliphatic heterocycles. The molecule has 0 radical (unpaired) electrons. The van der Waals surface area contributed by atoms with Gasteiger partial charge in [-0.2, -0.15) is 0 Å². The predicted molar refractivity (Wildman–Crippen MR) is 74.4 cm³/mol. The predicted octanol–water partition coefficient (Wildman–Crippen LogP) is 0.694. The fourth-order valence-electron chi connectivity index (χ4n) is 2.42. The first-order valence-corrected chi connectivity index (χ1v) is 6.85. The van der Waals surface area contributed by atoms with E-state index in [4.69, 9.17) is 0 Å². The van der Waals surface area contributed by atoms with Crippen LogP contribution in [0, 0.1) is 0 Å². The highest BCUT2D eigenvalue weighted by Crippen LogP contribution is 2.08. The number of amides is 1. The first-order chi connectivity index (χ1) is 9.20. The molecule has 0 bridgehead atoms. The Balaban J connectivity index is 2.02. The van der Waals surface area contributed by atoms with Crippen LogP contribution in [0.25, 0.3) is 0 Å². The van der Waals surface area contributed by atoms with E-state index in [1.807, 2.05) is 0 Å². The van der Waals surface area contributed by atoms with Crippen LogP contribution in [0.5, 0.6) is 0 Å². The SMILES string of the molecule is CNC(=O)c1ccc(=O)n(CCN2CCCCC2)c1. The molecule has 0 aliphatic carbocycles. The Morgan fingerprint density at radius 3 is 2.63 bits per heavy atom. The molecular formula is C14H21N3O2. The summed E-state index contributed by atoms with van der Waals surface area (Å²) in [5.41, 5.74) is 0.477. The number of nitrogens with zero attached hydrogens (tertiary/aromatic N) is 2. The lowest BCUT2D eigenvalue weighted by Gasteiger charge is -2.26. The quantitative estimate of drug-likeness (QED) is 0.869. The normalized spacial score (nSPS) is 16.3. The second-order valence-electron chi connectivity index (χ2n) is 4.93. The van der Waals surface area contributed by atoms with E-state index in [2.05, 4.69) is 10.2 Å². The van der Waals surface area contributed by atoms with Crippen molar-refractivity contribution in [2.24, 2.45) is 0 Å². The van der Waals surface area contributed by atoms with Crippen molar-refractivity contribution >= 4 is 5.91 Å². The van der Waals surface area contributed by atoms with Gasteiger partial charge in [0.1, 0.15) is 0 Å². The lowest BCUT2D eigenvalue weighted by Crippen LogP contribution is -2.34. The Hall–Kier alpha value is -1.62. The maximum absolute atomic E-state index is 11.8. The second kappa shape index (κ2) is 6.52. The van der Waals surface area contributed by atoms with Crippen molar-refractivity contribution in [3.63, 3.8) is 0 Å².